The van der Waals surface area contributed by atoms with Crippen LogP contribution in [0.1, 0.15) is 42.1 Å². The zero-order valence-corrected chi connectivity index (χ0v) is 18.4. The molecule has 0 spiro atoms. The Kier molecular flexibility index (Phi) is 6.08. The van der Waals surface area contributed by atoms with Crippen LogP contribution >= 0.6 is 11.6 Å². The summed E-state index contributed by atoms with van der Waals surface area (Å²) in [6.45, 7) is 4.13. The lowest BCUT2D eigenvalue weighted by atomic mass is 10.0. The van der Waals surface area contributed by atoms with Gasteiger partial charge in [-0.25, -0.2) is 16.8 Å². The van der Waals surface area contributed by atoms with Gasteiger partial charge in [0, 0.05) is 5.69 Å². The van der Waals surface area contributed by atoms with Crippen molar-refractivity contribution >= 4 is 42.9 Å². The Morgan fingerprint density at radius 2 is 1.79 bits per heavy atom. The molecule has 1 aliphatic rings. The highest BCUT2D eigenvalue weighted by Gasteiger charge is 2.38. The third kappa shape index (κ3) is 4.82. The van der Waals surface area contributed by atoms with Crippen molar-refractivity contribution < 1.29 is 21.6 Å². The van der Waals surface area contributed by atoms with Crippen molar-refractivity contribution in [3.05, 3.63) is 58.6 Å². The van der Waals surface area contributed by atoms with E-state index in [-0.39, 0.29) is 27.7 Å². The number of halogens is 1. The van der Waals surface area contributed by atoms with E-state index in [2.05, 4.69) is 19.2 Å². The van der Waals surface area contributed by atoms with Gasteiger partial charge in [0.15, 0.2) is 19.7 Å². The maximum atomic E-state index is 12.8. The van der Waals surface area contributed by atoms with Crippen LogP contribution in [0.25, 0.3) is 0 Å². The summed E-state index contributed by atoms with van der Waals surface area (Å²) >= 11 is 6.13. The van der Waals surface area contributed by atoms with Gasteiger partial charge in [0.2, 0.25) is 0 Å². The van der Waals surface area contributed by atoms with Gasteiger partial charge >= 0.3 is 0 Å². The molecule has 6 nitrogen and oxygen atoms in total. The van der Waals surface area contributed by atoms with E-state index in [0.29, 0.717) is 11.6 Å². The monoisotopic (exact) mass is 455 g/mol. The first-order valence-corrected chi connectivity index (χ1v) is 12.9. The Bertz CT molecular complexity index is 1140. The van der Waals surface area contributed by atoms with Gasteiger partial charge < -0.3 is 5.32 Å². The number of nitrogens with one attached hydrogen (secondary N) is 1. The van der Waals surface area contributed by atoms with E-state index in [9.17, 15) is 21.6 Å². The largest absolute Gasteiger partial charge is 0.322 e. The highest BCUT2D eigenvalue weighted by molar-refractivity contribution is 7.96. The fourth-order valence-corrected chi connectivity index (χ4v) is 7.79. The molecule has 0 radical (unpaired) electrons. The Morgan fingerprint density at radius 1 is 1.14 bits per heavy atom. The second-order valence-corrected chi connectivity index (χ2v) is 12.3. The van der Waals surface area contributed by atoms with Crippen LogP contribution in [0.4, 0.5) is 5.69 Å². The number of hydrogen-bond donors (Lipinski definition) is 1. The fraction of sp³-hybridized carbons (Fsp3) is 0.350. The highest BCUT2D eigenvalue weighted by Crippen LogP contribution is 2.28. The first kappa shape index (κ1) is 21.8. The summed E-state index contributed by atoms with van der Waals surface area (Å²) in [5.41, 5.74) is 1.70. The minimum atomic E-state index is -3.89. The molecule has 3 rings (SSSR count). The van der Waals surface area contributed by atoms with E-state index >= 15 is 0 Å². The number of rotatable bonds is 5. The van der Waals surface area contributed by atoms with Crippen molar-refractivity contribution in [1.29, 1.82) is 0 Å². The number of carbonyl (C=O) groups excluding carboxylic acids is 1. The standard InChI is InChI=1S/C20H22ClNO5S2/c1-13(2)14-3-5-15(6-4-14)22-20(23)18-11-16(7-8-19(18)21)29(26,27)17-9-10-28(24,25)12-17/h3-8,11,13,17H,9-10,12H2,1-2H3,(H,22,23). The van der Waals surface area contributed by atoms with Crippen LogP contribution < -0.4 is 5.32 Å². The molecule has 156 valence electrons. The minimum Gasteiger partial charge on any atom is -0.322 e. The number of sulfone groups is 2. The Balaban J connectivity index is 1.86. The predicted octanol–water partition coefficient (Wildman–Crippen LogP) is 3.68. The van der Waals surface area contributed by atoms with Crippen molar-refractivity contribution in [1.82, 2.24) is 0 Å². The van der Waals surface area contributed by atoms with Gasteiger partial charge in [0.1, 0.15) is 0 Å². The van der Waals surface area contributed by atoms with Gasteiger partial charge in [-0.3, -0.25) is 4.79 Å². The Morgan fingerprint density at radius 3 is 2.34 bits per heavy atom. The van der Waals surface area contributed by atoms with Gasteiger partial charge in [-0.1, -0.05) is 37.6 Å². The maximum Gasteiger partial charge on any atom is 0.257 e. The average Bonchev–Trinajstić information content (AvgIpc) is 3.03. The Hall–Kier alpha value is -1.90. The molecule has 0 aliphatic carbocycles. The number of amides is 1. The highest BCUT2D eigenvalue weighted by atomic mass is 35.5. The Labute approximate surface area is 176 Å². The van der Waals surface area contributed by atoms with Crippen LogP contribution in [0.15, 0.2) is 47.4 Å². The molecule has 29 heavy (non-hydrogen) atoms. The fourth-order valence-electron chi connectivity index (χ4n) is 3.20. The predicted molar refractivity (Wildman–Crippen MR) is 114 cm³/mol. The topological polar surface area (TPSA) is 97.4 Å². The molecule has 0 saturated carbocycles. The first-order valence-electron chi connectivity index (χ1n) is 9.15. The zero-order chi connectivity index (χ0) is 21.4. The maximum absolute atomic E-state index is 12.8. The van der Waals surface area contributed by atoms with Crippen LogP contribution in [0.3, 0.4) is 0 Å². The van der Waals surface area contributed by atoms with Gasteiger partial charge in [0.25, 0.3) is 5.91 Å². The molecule has 1 saturated heterocycles. The van der Waals surface area contributed by atoms with E-state index in [4.69, 9.17) is 11.6 Å². The summed E-state index contributed by atoms with van der Waals surface area (Å²) in [5.74, 6) is -0.731. The van der Waals surface area contributed by atoms with E-state index in [1.54, 1.807) is 12.1 Å². The SMILES string of the molecule is CC(C)c1ccc(NC(=O)c2cc(S(=O)(=O)C3CCS(=O)(=O)C3)ccc2Cl)cc1. The molecular weight excluding hydrogens is 434 g/mol. The number of anilines is 1. The lowest BCUT2D eigenvalue weighted by molar-refractivity contribution is 0.102. The van der Waals surface area contributed by atoms with Gasteiger partial charge in [-0.15, -0.1) is 0 Å². The van der Waals surface area contributed by atoms with Crippen LogP contribution in [0.2, 0.25) is 5.02 Å². The summed E-state index contributed by atoms with van der Waals surface area (Å²) in [4.78, 5) is 12.6. The van der Waals surface area contributed by atoms with Crippen LogP contribution in [0, 0.1) is 0 Å². The summed E-state index contributed by atoms with van der Waals surface area (Å²) in [5, 5.41) is 1.82. The molecule has 1 aliphatic heterocycles. The first-order chi connectivity index (χ1) is 13.5. The van der Waals surface area contributed by atoms with Gasteiger partial charge in [-0.05, 0) is 48.2 Å². The summed E-state index contributed by atoms with van der Waals surface area (Å²) in [6.07, 6.45) is 0.0526. The summed E-state index contributed by atoms with van der Waals surface area (Å²) in [7, 11) is -7.24. The third-order valence-corrected chi connectivity index (χ3v) is 9.48. The molecule has 9 heteroatoms. The van der Waals surface area contributed by atoms with Gasteiger partial charge in [-0.2, -0.15) is 0 Å². The normalized spacial score (nSPS) is 18.7. The zero-order valence-electron chi connectivity index (χ0n) is 16.1. The smallest absolute Gasteiger partial charge is 0.257 e. The van der Waals surface area contributed by atoms with Crippen molar-refractivity contribution in [2.24, 2.45) is 0 Å². The van der Waals surface area contributed by atoms with E-state index < -0.39 is 36.6 Å². The molecule has 1 heterocycles. The molecule has 0 aromatic heterocycles. The van der Waals surface area contributed by atoms with E-state index in [1.165, 1.54) is 18.2 Å². The van der Waals surface area contributed by atoms with Crippen LogP contribution in [-0.2, 0) is 19.7 Å². The molecule has 2 aromatic rings. The minimum absolute atomic E-state index is 0.0153. The van der Waals surface area contributed by atoms with Crippen LogP contribution in [-0.4, -0.2) is 39.5 Å². The molecule has 0 bridgehead atoms. The third-order valence-electron chi connectivity index (χ3n) is 4.98. The summed E-state index contributed by atoms with van der Waals surface area (Å²) < 4.78 is 49.0. The van der Waals surface area contributed by atoms with Crippen molar-refractivity contribution in [3.8, 4) is 0 Å². The molecular formula is C20H22ClNO5S2. The molecule has 1 N–H and O–H groups in total. The summed E-state index contributed by atoms with van der Waals surface area (Å²) in [6, 6.07) is 11.2. The number of hydrogen-bond acceptors (Lipinski definition) is 5. The van der Waals surface area contributed by atoms with Crippen LogP contribution in [0.5, 0.6) is 0 Å². The van der Waals surface area contributed by atoms with E-state index in [0.717, 1.165) is 5.56 Å². The average molecular weight is 456 g/mol. The second-order valence-electron chi connectivity index (χ2n) is 7.44. The van der Waals surface area contributed by atoms with Gasteiger partial charge in [0.05, 0.1) is 32.2 Å². The quantitative estimate of drug-likeness (QED) is 0.741. The van der Waals surface area contributed by atoms with Crippen molar-refractivity contribution in [2.75, 3.05) is 16.8 Å². The molecule has 1 atom stereocenters. The van der Waals surface area contributed by atoms with Crippen molar-refractivity contribution in [2.45, 2.75) is 36.3 Å². The second kappa shape index (κ2) is 8.08. The molecule has 1 fully saturated rings. The number of carbonyl (C=O) groups is 1. The molecule has 1 unspecified atom stereocenters. The number of benzene rings is 2. The molecule has 2 aromatic carbocycles. The van der Waals surface area contributed by atoms with E-state index in [1.807, 2.05) is 12.1 Å². The lowest BCUT2D eigenvalue weighted by Gasteiger charge is -2.13. The lowest BCUT2D eigenvalue weighted by Crippen LogP contribution is -2.23. The molecule has 1 amide bonds. The van der Waals surface area contributed by atoms with Crippen molar-refractivity contribution in [3.63, 3.8) is 0 Å².